The molecule has 6 nitrogen and oxygen atoms in total. The Hall–Kier alpha value is -0.530. The third-order valence-corrected chi connectivity index (χ3v) is 2.89. The molecule has 0 spiro atoms. The molecule has 0 fully saturated rings. The van der Waals surface area contributed by atoms with Crippen LogP contribution in [0.3, 0.4) is 0 Å². The molecular formula is C18H36O6. The van der Waals surface area contributed by atoms with Gasteiger partial charge in [0.1, 0.15) is 6.61 Å². The Bertz CT molecular complexity index is 281. The smallest absolute Gasteiger partial charge is 0.158 e. The summed E-state index contributed by atoms with van der Waals surface area (Å²) in [5.41, 5.74) is 0. The molecule has 0 amide bonds. The van der Waals surface area contributed by atoms with Crippen molar-refractivity contribution >= 4 is 5.78 Å². The van der Waals surface area contributed by atoms with Gasteiger partial charge >= 0.3 is 0 Å². The highest BCUT2D eigenvalue weighted by Gasteiger charge is 2.03. The van der Waals surface area contributed by atoms with E-state index in [4.69, 9.17) is 23.7 Å². The third kappa shape index (κ3) is 19.5. The van der Waals surface area contributed by atoms with Gasteiger partial charge in [0.2, 0.25) is 0 Å². The van der Waals surface area contributed by atoms with Crippen LogP contribution in [0.2, 0.25) is 0 Å². The Kier molecular flexibility index (Phi) is 16.9. The number of Topliss-reactive ketones (excluding diaryl/α,β-unsaturated/α-hetero) is 1. The molecule has 0 aliphatic carbocycles. The van der Waals surface area contributed by atoms with Crippen LogP contribution in [0, 0.1) is 5.92 Å². The lowest BCUT2D eigenvalue weighted by molar-refractivity contribution is -0.125. The van der Waals surface area contributed by atoms with Crippen LogP contribution in [0.1, 0.15) is 40.5 Å². The summed E-state index contributed by atoms with van der Waals surface area (Å²) in [7, 11) is 0. The van der Waals surface area contributed by atoms with Crippen molar-refractivity contribution in [3.05, 3.63) is 0 Å². The Labute approximate surface area is 147 Å². The number of carbonyl (C=O) groups excluding carboxylic acids is 1. The molecule has 0 N–H and O–H groups in total. The molecule has 144 valence electrons. The van der Waals surface area contributed by atoms with Crippen molar-refractivity contribution in [2.75, 3.05) is 59.5 Å². The van der Waals surface area contributed by atoms with Crippen LogP contribution in [0.25, 0.3) is 0 Å². The number of ketones is 1. The topological polar surface area (TPSA) is 63.2 Å². The predicted octanol–water partition coefficient (Wildman–Crippen LogP) is 2.48. The third-order valence-electron chi connectivity index (χ3n) is 2.89. The first-order valence-corrected chi connectivity index (χ1v) is 8.96. The number of rotatable bonds is 18. The SMILES string of the molecule is CC(C)COCCOCCOCCOCCCC(=O)COC(C)C. The van der Waals surface area contributed by atoms with Crippen molar-refractivity contribution in [2.24, 2.45) is 5.92 Å². The van der Waals surface area contributed by atoms with Gasteiger partial charge in [0.25, 0.3) is 0 Å². The fourth-order valence-corrected chi connectivity index (χ4v) is 1.68. The second kappa shape index (κ2) is 17.3. The van der Waals surface area contributed by atoms with Crippen LogP contribution in [0.15, 0.2) is 0 Å². The Balaban J connectivity index is 3.11. The fraction of sp³-hybridized carbons (Fsp3) is 0.944. The van der Waals surface area contributed by atoms with E-state index in [2.05, 4.69) is 13.8 Å². The van der Waals surface area contributed by atoms with Gasteiger partial charge in [0.15, 0.2) is 5.78 Å². The molecule has 24 heavy (non-hydrogen) atoms. The highest BCUT2D eigenvalue weighted by molar-refractivity contribution is 5.79. The van der Waals surface area contributed by atoms with Crippen LogP contribution in [0.5, 0.6) is 0 Å². The maximum atomic E-state index is 11.5. The van der Waals surface area contributed by atoms with Crippen molar-refractivity contribution in [1.29, 1.82) is 0 Å². The normalized spacial score (nSPS) is 11.6. The molecule has 0 saturated carbocycles. The van der Waals surface area contributed by atoms with Gasteiger partial charge in [0.05, 0.1) is 45.7 Å². The second-order valence-corrected chi connectivity index (χ2v) is 6.31. The van der Waals surface area contributed by atoms with Gasteiger partial charge < -0.3 is 23.7 Å². The zero-order valence-electron chi connectivity index (χ0n) is 15.9. The van der Waals surface area contributed by atoms with Crippen LogP contribution in [-0.4, -0.2) is 71.3 Å². The van der Waals surface area contributed by atoms with Gasteiger partial charge in [-0.2, -0.15) is 0 Å². The van der Waals surface area contributed by atoms with E-state index in [1.165, 1.54) is 0 Å². The second-order valence-electron chi connectivity index (χ2n) is 6.31. The highest BCUT2D eigenvalue weighted by atomic mass is 16.6. The zero-order chi connectivity index (χ0) is 18.0. The van der Waals surface area contributed by atoms with Crippen molar-refractivity contribution in [3.63, 3.8) is 0 Å². The minimum absolute atomic E-state index is 0.0962. The van der Waals surface area contributed by atoms with Crippen LogP contribution < -0.4 is 0 Å². The summed E-state index contributed by atoms with van der Waals surface area (Å²) >= 11 is 0. The summed E-state index contributed by atoms with van der Waals surface area (Å²) in [4.78, 5) is 11.5. The first kappa shape index (κ1) is 23.5. The van der Waals surface area contributed by atoms with Crippen molar-refractivity contribution in [3.8, 4) is 0 Å². The summed E-state index contributed by atoms with van der Waals surface area (Å²) in [6, 6.07) is 0. The number of hydrogen-bond donors (Lipinski definition) is 0. The molecule has 0 rings (SSSR count). The molecule has 0 atom stereocenters. The maximum absolute atomic E-state index is 11.5. The number of ether oxygens (including phenoxy) is 5. The van der Waals surface area contributed by atoms with Gasteiger partial charge in [-0.1, -0.05) is 13.8 Å². The molecule has 0 heterocycles. The predicted molar refractivity (Wildman–Crippen MR) is 93.4 cm³/mol. The summed E-state index contributed by atoms with van der Waals surface area (Å²) in [6.07, 6.45) is 1.32. The summed E-state index contributed by atoms with van der Waals surface area (Å²) in [5, 5.41) is 0. The molecule has 0 unspecified atom stereocenters. The van der Waals surface area contributed by atoms with E-state index in [0.717, 1.165) is 13.0 Å². The minimum Gasteiger partial charge on any atom is -0.379 e. The van der Waals surface area contributed by atoms with Crippen LogP contribution in [-0.2, 0) is 28.5 Å². The average Bonchev–Trinajstić information content (AvgIpc) is 2.52. The molecule has 0 aromatic carbocycles. The van der Waals surface area contributed by atoms with Crippen LogP contribution in [0.4, 0.5) is 0 Å². The first-order chi connectivity index (χ1) is 11.5. The molecule has 0 bridgehead atoms. The minimum atomic E-state index is 0.0962. The summed E-state index contributed by atoms with van der Waals surface area (Å²) < 4.78 is 26.8. The van der Waals surface area contributed by atoms with Gasteiger partial charge in [-0.3, -0.25) is 4.79 Å². The molecule has 0 aliphatic heterocycles. The molecule has 0 saturated heterocycles. The Morgan fingerprint density at radius 3 is 1.75 bits per heavy atom. The van der Waals surface area contributed by atoms with E-state index in [0.29, 0.717) is 58.6 Å². The zero-order valence-corrected chi connectivity index (χ0v) is 15.9. The fourth-order valence-electron chi connectivity index (χ4n) is 1.68. The average molecular weight is 348 g/mol. The number of carbonyl (C=O) groups is 1. The lowest BCUT2D eigenvalue weighted by atomic mass is 10.2. The van der Waals surface area contributed by atoms with Crippen LogP contribution >= 0.6 is 0 Å². The van der Waals surface area contributed by atoms with Gasteiger partial charge in [-0.15, -0.1) is 0 Å². The molecule has 0 aromatic heterocycles. The molecule has 6 heteroatoms. The van der Waals surface area contributed by atoms with E-state index in [1.54, 1.807) is 0 Å². The van der Waals surface area contributed by atoms with E-state index >= 15 is 0 Å². The van der Waals surface area contributed by atoms with E-state index < -0.39 is 0 Å². The lowest BCUT2D eigenvalue weighted by Gasteiger charge is -2.08. The number of hydrogen-bond acceptors (Lipinski definition) is 6. The van der Waals surface area contributed by atoms with Gasteiger partial charge in [-0.05, 0) is 26.2 Å². The van der Waals surface area contributed by atoms with Crippen molar-refractivity contribution in [2.45, 2.75) is 46.6 Å². The molecular weight excluding hydrogens is 312 g/mol. The van der Waals surface area contributed by atoms with Gasteiger partial charge in [-0.25, -0.2) is 0 Å². The molecule has 0 aliphatic rings. The van der Waals surface area contributed by atoms with Crippen molar-refractivity contribution < 1.29 is 28.5 Å². The van der Waals surface area contributed by atoms with E-state index in [9.17, 15) is 4.79 Å². The maximum Gasteiger partial charge on any atom is 0.158 e. The van der Waals surface area contributed by atoms with Crippen molar-refractivity contribution in [1.82, 2.24) is 0 Å². The molecule has 0 radical (unpaired) electrons. The van der Waals surface area contributed by atoms with E-state index in [1.807, 2.05) is 13.8 Å². The van der Waals surface area contributed by atoms with Gasteiger partial charge in [0, 0.05) is 19.6 Å². The standard InChI is InChI=1S/C18H36O6/c1-16(2)14-23-13-12-22-11-10-21-9-8-20-7-5-6-18(19)15-24-17(3)4/h16-17H,5-15H2,1-4H3. The summed E-state index contributed by atoms with van der Waals surface area (Å²) in [5.74, 6) is 0.679. The largest absolute Gasteiger partial charge is 0.379 e. The first-order valence-electron chi connectivity index (χ1n) is 8.96. The monoisotopic (exact) mass is 348 g/mol. The Morgan fingerprint density at radius 2 is 1.25 bits per heavy atom. The lowest BCUT2D eigenvalue weighted by Crippen LogP contribution is -2.14. The quantitative estimate of drug-likeness (QED) is 0.355. The highest BCUT2D eigenvalue weighted by Crippen LogP contribution is 1.96. The summed E-state index contributed by atoms with van der Waals surface area (Å²) in [6.45, 7) is 13.0. The Morgan fingerprint density at radius 1 is 0.750 bits per heavy atom. The van der Waals surface area contributed by atoms with E-state index in [-0.39, 0.29) is 18.5 Å². The molecule has 0 aromatic rings.